The molecular weight excluding hydrogens is 100 g/mol. The highest BCUT2D eigenvalue weighted by molar-refractivity contribution is 4.93. The maximum Gasteiger partial charge on any atom is 0.0545 e. The predicted molar refractivity (Wildman–Crippen MR) is 33.5 cm³/mol. The van der Waals surface area contributed by atoms with E-state index >= 15 is 0 Å². The van der Waals surface area contributed by atoms with Crippen molar-refractivity contribution in [3.05, 3.63) is 0 Å². The lowest BCUT2D eigenvalue weighted by Gasteiger charge is -1.97. The monoisotopic (exact) mass is 114 g/mol. The number of rotatable bonds is 1. The summed E-state index contributed by atoms with van der Waals surface area (Å²) in [7, 11) is 0. The summed E-state index contributed by atoms with van der Waals surface area (Å²) in [5.74, 6) is 2.11. The molecular formula is C7H14O. The highest BCUT2D eigenvalue weighted by Crippen LogP contribution is 2.47. The van der Waals surface area contributed by atoms with E-state index in [0.29, 0.717) is 5.92 Å². The van der Waals surface area contributed by atoms with Crippen molar-refractivity contribution in [1.82, 2.24) is 0 Å². The molecule has 0 aromatic rings. The minimum Gasteiger partial charge on any atom is -0.393 e. The van der Waals surface area contributed by atoms with Gasteiger partial charge >= 0.3 is 0 Å². The molecule has 0 saturated heterocycles. The van der Waals surface area contributed by atoms with Crippen molar-refractivity contribution < 1.29 is 5.11 Å². The number of hydrogen-bond donors (Lipinski definition) is 1. The van der Waals surface area contributed by atoms with E-state index < -0.39 is 0 Å². The molecule has 0 heterocycles. The highest BCUT2D eigenvalue weighted by Gasteiger charge is 2.45. The summed E-state index contributed by atoms with van der Waals surface area (Å²) in [4.78, 5) is 0. The lowest BCUT2D eigenvalue weighted by Crippen LogP contribution is -2.03. The molecule has 0 bridgehead atoms. The van der Waals surface area contributed by atoms with Crippen LogP contribution in [0.4, 0.5) is 0 Å². The fraction of sp³-hybridized carbons (Fsp3) is 1.00. The molecule has 1 heteroatoms. The minimum atomic E-state index is -0.0833. The molecule has 1 aliphatic rings. The SMILES string of the molecule is CC(O)C1C(C)C1C. The lowest BCUT2D eigenvalue weighted by molar-refractivity contribution is 0.161. The normalized spacial score (nSPS) is 48.8. The summed E-state index contributed by atoms with van der Waals surface area (Å²) in [6.07, 6.45) is -0.0833. The Morgan fingerprint density at radius 3 is 1.62 bits per heavy atom. The zero-order chi connectivity index (χ0) is 6.31. The van der Waals surface area contributed by atoms with Crippen LogP contribution in [0.1, 0.15) is 20.8 Å². The molecule has 0 radical (unpaired) electrons. The molecule has 48 valence electrons. The van der Waals surface area contributed by atoms with Gasteiger partial charge < -0.3 is 5.11 Å². The van der Waals surface area contributed by atoms with Crippen LogP contribution in [0.2, 0.25) is 0 Å². The molecule has 1 nitrogen and oxygen atoms in total. The highest BCUT2D eigenvalue weighted by atomic mass is 16.3. The molecule has 0 aliphatic heterocycles. The molecule has 1 saturated carbocycles. The van der Waals surface area contributed by atoms with Gasteiger partial charge in [-0.1, -0.05) is 13.8 Å². The molecule has 8 heavy (non-hydrogen) atoms. The van der Waals surface area contributed by atoms with E-state index in [2.05, 4.69) is 13.8 Å². The predicted octanol–water partition coefficient (Wildman–Crippen LogP) is 1.27. The summed E-state index contributed by atoms with van der Waals surface area (Å²) in [5.41, 5.74) is 0. The van der Waals surface area contributed by atoms with E-state index in [-0.39, 0.29) is 6.10 Å². The first-order valence-corrected chi connectivity index (χ1v) is 3.32. The molecule has 0 amide bonds. The molecule has 1 rings (SSSR count). The first-order chi connectivity index (χ1) is 3.64. The Labute approximate surface area is 50.7 Å². The van der Waals surface area contributed by atoms with Crippen LogP contribution in [0.15, 0.2) is 0 Å². The summed E-state index contributed by atoms with van der Waals surface area (Å²) in [6.45, 7) is 6.27. The third kappa shape index (κ3) is 0.752. The van der Waals surface area contributed by atoms with Gasteiger partial charge in [-0.05, 0) is 24.7 Å². The van der Waals surface area contributed by atoms with E-state index in [1.165, 1.54) is 0 Å². The maximum absolute atomic E-state index is 9.03. The van der Waals surface area contributed by atoms with Crippen molar-refractivity contribution in [3.8, 4) is 0 Å². The number of aliphatic hydroxyl groups is 1. The fourth-order valence-electron chi connectivity index (χ4n) is 1.58. The van der Waals surface area contributed by atoms with Gasteiger partial charge in [-0.2, -0.15) is 0 Å². The third-order valence-corrected chi connectivity index (χ3v) is 2.46. The van der Waals surface area contributed by atoms with Gasteiger partial charge in [0, 0.05) is 0 Å². The second-order valence-electron chi connectivity index (χ2n) is 3.04. The van der Waals surface area contributed by atoms with Crippen LogP contribution in [-0.4, -0.2) is 11.2 Å². The van der Waals surface area contributed by atoms with Crippen LogP contribution >= 0.6 is 0 Å². The van der Waals surface area contributed by atoms with Crippen molar-refractivity contribution in [3.63, 3.8) is 0 Å². The Kier molecular flexibility index (Phi) is 1.31. The Balaban J connectivity index is 2.33. The zero-order valence-corrected chi connectivity index (χ0v) is 5.76. The number of aliphatic hydroxyl groups excluding tert-OH is 1. The molecule has 3 atom stereocenters. The van der Waals surface area contributed by atoms with Gasteiger partial charge in [0.15, 0.2) is 0 Å². The van der Waals surface area contributed by atoms with Crippen molar-refractivity contribution in [2.75, 3.05) is 0 Å². The molecule has 1 fully saturated rings. The van der Waals surface area contributed by atoms with E-state index in [1.54, 1.807) is 0 Å². The Bertz CT molecular complexity index is 73.6. The minimum absolute atomic E-state index is 0.0833. The molecule has 1 aliphatic carbocycles. The maximum atomic E-state index is 9.03. The summed E-state index contributed by atoms with van der Waals surface area (Å²) >= 11 is 0. The first kappa shape index (κ1) is 6.09. The van der Waals surface area contributed by atoms with Crippen LogP contribution in [-0.2, 0) is 0 Å². The van der Waals surface area contributed by atoms with E-state index in [0.717, 1.165) is 11.8 Å². The smallest absolute Gasteiger partial charge is 0.0545 e. The summed E-state index contributed by atoms with van der Waals surface area (Å²) in [6, 6.07) is 0. The topological polar surface area (TPSA) is 20.2 Å². The van der Waals surface area contributed by atoms with Gasteiger partial charge in [-0.25, -0.2) is 0 Å². The molecule has 0 spiro atoms. The lowest BCUT2D eigenvalue weighted by atomic mass is 10.2. The Morgan fingerprint density at radius 1 is 1.25 bits per heavy atom. The van der Waals surface area contributed by atoms with Gasteiger partial charge in [-0.3, -0.25) is 0 Å². The molecule has 1 N–H and O–H groups in total. The standard InChI is InChI=1S/C7H14O/c1-4-5(2)7(4)6(3)8/h4-8H,1-3H3. The van der Waals surface area contributed by atoms with Crippen molar-refractivity contribution in [2.45, 2.75) is 26.9 Å². The summed E-state index contributed by atoms with van der Waals surface area (Å²) in [5, 5.41) is 9.03. The quantitative estimate of drug-likeness (QED) is 0.544. The van der Waals surface area contributed by atoms with Gasteiger partial charge in [-0.15, -0.1) is 0 Å². The largest absolute Gasteiger partial charge is 0.393 e. The van der Waals surface area contributed by atoms with Crippen molar-refractivity contribution in [1.29, 1.82) is 0 Å². The Morgan fingerprint density at radius 2 is 1.62 bits per heavy atom. The van der Waals surface area contributed by atoms with Crippen molar-refractivity contribution in [2.24, 2.45) is 17.8 Å². The van der Waals surface area contributed by atoms with Gasteiger partial charge in [0.25, 0.3) is 0 Å². The van der Waals surface area contributed by atoms with Crippen LogP contribution in [0.5, 0.6) is 0 Å². The third-order valence-electron chi connectivity index (χ3n) is 2.46. The average Bonchev–Trinajstić information content (AvgIpc) is 2.15. The molecule has 0 aromatic heterocycles. The van der Waals surface area contributed by atoms with Crippen LogP contribution in [0, 0.1) is 17.8 Å². The van der Waals surface area contributed by atoms with Crippen molar-refractivity contribution >= 4 is 0 Å². The van der Waals surface area contributed by atoms with Crippen LogP contribution in [0.25, 0.3) is 0 Å². The number of hydrogen-bond acceptors (Lipinski definition) is 1. The first-order valence-electron chi connectivity index (χ1n) is 3.32. The van der Waals surface area contributed by atoms with Gasteiger partial charge in [0.1, 0.15) is 0 Å². The fourth-order valence-corrected chi connectivity index (χ4v) is 1.58. The second-order valence-corrected chi connectivity index (χ2v) is 3.04. The van der Waals surface area contributed by atoms with Crippen LogP contribution < -0.4 is 0 Å². The van der Waals surface area contributed by atoms with E-state index in [1.807, 2.05) is 6.92 Å². The van der Waals surface area contributed by atoms with E-state index in [9.17, 15) is 0 Å². The van der Waals surface area contributed by atoms with Gasteiger partial charge in [0.2, 0.25) is 0 Å². The molecule has 3 unspecified atom stereocenters. The summed E-state index contributed by atoms with van der Waals surface area (Å²) < 4.78 is 0. The Hall–Kier alpha value is -0.0400. The van der Waals surface area contributed by atoms with Crippen LogP contribution in [0.3, 0.4) is 0 Å². The average molecular weight is 114 g/mol. The van der Waals surface area contributed by atoms with E-state index in [4.69, 9.17) is 5.11 Å². The second kappa shape index (κ2) is 1.73. The molecule has 0 aromatic carbocycles. The zero-order valence-electron chi connectivity index (χ0n) is 5.76. The van der Waals surface area contributed by atoms with Gasteiger partial charge in [0.05, 0.1) is 6.10 Å².